The Kier molecular flexibility index (Phi) is 5.69. The lowest BCUT2D eigenvalue weighted by atomic mass is 10.2. The van der Waals surface area contributed by atoms with Crippen molar-refractivity contribution in [1.29, 1.82) is 0 Å². The molecule has 0 radical (unpaired) electrons. The standard InChI is InChI=1S/C14H21N3O5S/c1-11-9-13(17(18)19)3-4-14(11)23(20,21)15-12(2)10-16-5-7-22-8-6-16/h3-4,9,12,15H,5-8,10H2,1-2H3/t12-/m0/s1. The van der Waals surface area contributed by atoms with Crippen LogP contribution >= 0.6 is 0 Å². The minimum absolute atomic E-state index is 0.0666. The topological polar surface area (TPSA) is 102 Å². The van der Waals surface area contributed by atoms with E-state index in [9.17, 15) is 18.5 Å². The van der Waals surface area contributed by atoms with Gasteiger partial charge in [-0.05, 0) is 25.5 Å². The van der Waals surface area contributed by atoms with Crippen LogP contribution in [0.2, 0.25) is 0 Å². The number of non-ortho nitro benzene ring substituents is 1. The number of aryl methyl sites for hydroxylation is 1. The molecule has 1 saturated heterocycles. The van der Waals surface area contributed by atoms with Crippen LogP contribution in [0.15, 0.2) is 23.1 Å². The smallest absolute Gasteiger partial charge is 0.269 e. The summed E-state index contributed by atoms with van der Waals surface area (Å²) < 4.78 is 32.8. The summed E-state index contributed by atoms with van der Waals surface area (Å²) in [6, 6.07) is 3.47. The SMILES string of the molecule is Cc1cc([N+](=O)[O-])ccc1S(=O)(=O)N[C@@H](C)CN1CCOCC1. The first-order chi connectivity index (χ1) is 10.8. The van der Waals surface area contributed by atoms with Gasteiger partial charge in [-0.15, -0.1) is 0 Å². The van der Waals surface area contributed by atoms with Crippen LogP contribution in [0, 0.1) is 17.0 Å². The van der Waals surface area contributed by atoms with Crippen molar-refractivity contribution in [2.45, 2.75) is 24.8 Å². The molecule has 0 amide bonds. The summed E-state index contributed by atoms with van der Waals surface area (Å²) in [4.78, 5) is 12.4. The van der Waals surface area contributed by atoms with Crippen molar-refractivity contribution in [2.75, 3.05) is 32.8 Å². The maximum absolute atomic E-state index is 12.5. The van der Waals surface area contributed by atoms with Gasteiger partial charge >= 0.3 is 0 Å². The van der Waals surface area contributed by atoms with Crippen LogP contribution in [-0.4, -0.2) is 57.1 Å². The molecular weight excluding hydrogens is 322 g/mol. The predicted molar refractivity (Wildman–Crippen MR) is 84.9 cm³/mol. The van der Waals surface area contributed by atoms with Gasteiger partial charge in [-0.2, -0.15) is 0 Å². The fourth-order valence-corrected chi connectivity index (χ4v) is 4.05. The van der Waals surface area contributed by atoms with E-state index in [1.807, 2.05) is 0 Å². The number of nitrogens with zero attached hydrogens (tertiary/aromatic N) is 2. The van der Waals surface area contributed by atoms with Gasteiger partial charge in [0.25, 0.3) is 5.69 Å². The number of hydrogen-bond acceptors (Lipinski definition) is 6. The first kappa shape index (κ1) is 17.8. The van der Waals surface area contributed by atoms with Crippen LogP contribution in [-0.2, 0) is 14.8 Å². The zero-order valence-electron chi connectivity index (χ0n) is 13.2. The lowest BCUT2D eigenvalue weighted by molar-refractivity contribution is -0.385. The molecule has 0 aliphatic carbocycles. The first-order valence-electron chi connectivity index (χ1n) is 7.37. The van der Waals surface area contributed by atoms with E-state index < -0.39 is 14.9 Å². The lowest BCUT2D eigenvalue weighted by Crippen LogP contribution is -2.46. The number of sulfonamides is 1. The highest BCUT2D eigenvalue weighted by Gasteiger charge is 2.23. The molecule has 1 aromatic carbocycles. The molecular formula is C14H21N3O5S. The van der Waals surface area contributed by atoms with E-state index in [0.29, 0.717) is 25.3 Å². The molecule has 2 rings (SSSR count). The quantitative estimate of drug-likeness (QED) is 0.608. The van der Waals surface area contributed by atoms with Gasteiger partial charge in [0.1, 0.15) is 0 Å². The highest BCUT2D eigenvalue weighted by molar-refractivity contribution is 7.89. The zero-order chi connectivity index (χ0) is 17.0. The average molecular weight is 343 g/mol. The molecule has 23 heavy (non-hydrogen) atoms. The average Bonchev–Trinajstić information content (AvgIpc) is 2.47. The van der Waals surface area contributed by atoms with Crippen molar-refractivity contribution >= 4 is 15.7 Å². The predicted octanol–water partition coefficient (Wildman–Crippen LogP) is 0.902. The fraction of sp³-hybridized carbons (Fsp3) is 0.571. The monoisotopic (exact) mass is 343 g/mol. The second-order valence-electron chi connectivity index (χ2n) is 5.64. The number of ether oxygens (including phenoxy) is 1. The summed E-state index contributed by atoms with van der Waals surface area (Å²) in [7, 11) is -3.71. The van der Waals surface area contributed by atoms with Crippen LogP contribution < -0.4 is 4.72 Å². The van der Waals surface area contributed by atoms with Gasteiger partial charge < -0.3 is 4.74 Å². The molecule has 1 fully saturated rings. The number of nitro benzene ring substituents is 1. The van der Waals surface area contributed by atoms with Crippen molar-refractivity contribution < 1.29 is 18.1 Å². The summed E-state index contributed by atoms with van der Waals surface area (Å²) in [5.41, 5.74) is 0.230. The maximum Gasteiger partial charge on any atom is 0.269 e. The normalized spacial score (nSPS) is 17.8. The van der Waals surface area contributed by atoms with Gasteiger partial charge in [-0.25, -0.2) is 13.1 Å². The van der Waals surface area contributed by atoms with Gasteiger partial charge in [0, 0.05) is 37.8 Å². The molecule has 0 unspecified atom stereocenters. The third-order valence-electron chi connectivity index (χ3n) is 3.65. The lowest BCUT2D eigenvalue weighted by Gasteiger charge is -2.29. The fourth-order valence-electron chi connectivity index (χ4n) is 2.59. The molecule has 1 aliphatic rings. The van der Waals surface area contributed by atoms with Gasteiger partial charge in [0.2, 0.25) is 10.0 Å². The highest BCUT2D eigenvalue weighted by atomic mass is 32.2. The Morgan fingerprint density at radius 2 is 2.04 bits per heavy atom. The van der Waals surface area contributed by atoms with Gasteiger partial charge in [-0.3, -0.25) is 15.0 Å². The zero-order valence-corrected chi connectivity index (χ0v) is 14.0. The molecule has 0 bridgehead atoms. The third kappa shape index (κ3) is 4.71. The van der Waals surface area contributed by atoms with Crippen molar-refractivity contribution in [2.24, 2.45) is 0 Å². The van der Waals surface area contributed by atoms with E-state index >= 15 is 0 Å². The van der Waals surface area contributed by atoms with Crippen LogP contribution in [0.5, 0.6) is 0 Å². The van der Waals surface area contributed by atoms with E-state index in [4.69, 9.17) is 4.74 Å². The summed E-state index contributed by atoms with van der Waals surface area (Å²) in [5.74, 6) is 0. The molecule has 0 spiro atoms. The second kappa shape index (κ2) is 7.35. The number of nitrogens with one attached hydrogen (secondary N) is 1. The van der Waals surface area contributed by atoms with E-state index in [1.54, 1.807) is 13.8 Å². The van der Waals surface area contributed by atoms with Crippen LogP contribution in [0.4, 0.5) is 5.69 Å². The highest BCUT2D eigenvalue weighted by Crippen LogP contribution is 2.21. The summed E-state index contributed by atoms with van der Waals surface area (Å²) >= 11 is 0. The number of benzene rings is 1. The van der Waals surface area contributed by atoms with E-state index in [-0.39, 0.29) is 16.6 Å². The van der Waals surface area contributed by atoms with E-state index in [2.05, 4.69) is 9.62 Å². The van der Waals surface area contributed by atoms with Gasteiger partial charge in [0.05, 0.1) is 23.0 Å². The van der Waals surface area contributed by atoms with Crippen LogP contribution in [0.3, 0.4) is 0 Å². The first-order valence-corrected chi connectivity index (χ1v) is 8.85. The number of nitro groups is 1. The molecule has 9 heteroatoms. The molecule has 1 aromatic rings. The van der Waals surface area contributed by atoms with Crippen molar-refractivity contribution in [3.63, 3.8) is 0 Å². The summed E-state index contributed by atoms with van der Waals surface area (Å²) in [6.45, 7) is 6.81. The summed E-state index contributed by atoms with van der Waals surface area (Å²) in [6.07, 6.45) is 0. The molecule has 0 aromatic heterocycles. The maximum atomic E-state index is 12.5. The Morgan fingerprint density at radius 1 is 1.39 bits per heavy atom. The van der Waals surface area contributed by atoms with Crippen molar-refractivity contribution in [3.8, 4) is 0 Å². The van der Waals surface area contributed by atoms with Crippen LogP contribution in [0.25, 0.3) is 0 Å². The molecule has 1 atom stereocenters. The molecule has 128 valence electrons. The van der Waals surface area contributed by atoms with Crippen molar-refractivity contribution in [3.05, 3.63) is 33.9 Å². The Hall–Kier alpha value is -1.55. The second-order valence-corrected chi connectivity index (χ2v) is 7.32. The minimum atomic E-state index is -3.71. The summed E-state index contributed by atoms with van der Waals surface area (Å²) in [5, 5.41) is 10.7. The Morgan fingerprint density at radius 3 is 2.61 bits per heavy atom. The molecule has 1 heterocycles. The molecule has 1 aliphatic heterocycles. The Labute approximate surface area is 135 Å². The Bertz CT molecular complexity index is 671. The van der Waals surface area contributed by atoms with Gasteiger partial charge in [0.15, 0.2) is 0 Å². The number of hydrogen-bond donors (Lipinski definition) is 1. The molecule has 8 nitrogen and oxygen atoms in total. The largest absolute Gasteiger partial charge is 0.379 e. The Balaban J connectivity index is 2.07. The van der Waals surface area contributed by atoms with E-state index in [1.165, 1.54) is 18.2 Å². The van der Waals surface area contributed by atoms with Crippen molar-refractivity contribution in [1.82, 2.24) is 9.62 Å². The molecule has 1 N–H and O–H groups in total. The van der Waals surface area contributed by atoms with Crippen LogP contribution in [0.1, 0.15) is 12.5 Å². The minimum Gasteiger partial charge on any atom is -0.379 e. The van der Waals surface area contributed by atoms with Gasteiger partial charge in [-0.1, -0.05) is 0 Å². The molecule has 0 saturated carbocycles. The number of morpholine rings is 1. The van der Waals surface area contributed by atoms with E-state index in [0.717, 1.165) is 13.1 Å². The number of rotatable bonds is 6. The third-order valence-corrected chi connectivity index (χ3v) is 5.40.